The number of carbonyl (C=O) groups excluding carboxylic acids is 1. The van der Waals surface area contributed by atoms with Crippen molar-refractivity contribution in [2.45, 2.75) is 33.1 Å². The highest BCUT2D eigenvalue weighted by Crippen LogP contribution is 2.28. The zero-order valence-electron chi connectivity index (χ0n) is 15.4. The van der Waals surface area contributed by atoms with Crippen molar-refractivity contribution in [3.63, 3.8) is 0 Å². The van der Waals surface area contributed by atoms with E-state index >= 15 is 0 Å². The fourth-order valence-corrected chi connectivity index (χ4v) is 2.32. The number of benzene rings is 2. The third kappa shape index (κ3) is 6.59. The van der Waals surface area contributed by atoms with Crippen molar-refractivity contribution in [2.24, 2.45) is 5.10 Å². The molecule has 1 amide bonds. The maximum Gasteiger partial charge on any atom is 0.244 e. The third-order valence-corrected chi connectivity index (χ3v) is 3.63. The summed E-state index contributed by atoms with van der Waals surface area (Å²) in [4.78, 5) is 11.9. The molecular formula is C21H26N2O3. The molecule has 0 aliphatic heterocycles. The van der Waals surface area contributed by atoms with Gasteiger partial charge in [0, 0.05) is 0 Å². The van der Waals surface area contributed by atoms with E-state index in [1.165, 1.54) is 0 Å². The minimum absolute atomic E-state index is 0.156. The van der Waals surface area contributed by atoms with Crippen LogP contribution in [0, 0.1) is 0 Å². The van der Waals surface area contributed by atoms with Gasteiger partial charge in [0.05, 0.1) is 25.8 Å². The number of carbonyl (C=O) groups is 1. The van der Waals surface area contributed by atoms with Crippen LogP contribution in [0.5, 0.6) is 11.5 Å². The molecule has 2 aromatic carbocycles. The maximum atomic E-state index is 11.9. The first-order chi connectivity index (χ1) is 12.7. The number of nitrogens with one attached hydrogen (secondary N) is 1. The molecule has 0 atom stereocenters. The normalized spacial score (nSPS) is 10.7. The standard InChI is InChI=1S/C21H26N2O3/c1-3-5-13-26-19-12-11-18(14-20(19)25-4-2)16-22-23-21(24)15-17-9-7-6-8-10-17/h6-12,14,16H,3-5,13,15H2,1-2H3,(H,23,24)/b22-16+. The molecule has 2 rings (SSSR count). The van der Waals surface area contributed by atoms with E-state index < -0.39 is 0 Å². The summed E-state index contributed by atoms with van der Waals surface area (Å²) in [5.74, 6) is 1.26. The Morgan fingerprint density at radius 2 is 1.88 bits per heavy atom. The molecule has 0 heterocycles. The lowest BCUT2D eigenvalue weighted by molar-refractivity contribution is -0.120. The summed E-state index contributed by atoms with van der Waals surface area (Å²) in [6.07, 6.45) is 3.98. The number of unbranched alkanes of at least 4 members (excludes halogenated alkanes) is 1. The lowest BCUT2D eigenvalue weighted by Gasteiger charge is -2.12. The molecule has 0 radical (unpaired) electrons. The first-order valence-electron chi connectivity index (χ1n) is 8.98. The predicted octanol–water partition coefficient (Wildman–Crippen LogP) is 3.96. The molecule has 0 unspecified atom stereocenters. The fraction of sp³-hybridized carbons (Fsp3) is 0.333. The summed E-state index contributed by atoms with van der Waals surface area (Å²) in [5.41, 5.74) is 4.33. The zero-order valence-corrected chi connectivity index (χ0v) is 15.4. The molecule has 0 aromatic heterocycles. The van der Waals surface area contributed by atoms with E-state index in [1.807, 2.05) is 55.5 Å². The second kappa shape index (κ2) is 10.9. The number of hydrazone groups is 1. The second-order valence-corrected chi connectivity index (χ2v) is 5.80. The van der Waals surface area contributed by atoms with E-state index in [1.54, 1.807) is 6.21 Å². The lowest BCUT2D eigenvalue weighted by Crippen LogP contribution is -2.19. The summed E-state index contributed by atoms with van der Waals surface area (Å²) >= 11 is 0. The Labute approximate surface area is 155 Å². The fourth-order valence-electron chi connectivity index (χ4n) is 2.32. The van der Waals surface area contributed by atoms with Crippen molar-refractivity contribution in [2.75, 3.05) is 13.2 Å². The van der Waals surface area contributed by atoms with Crippen LogP contribution in [0.3, 0.4) is 0 Å². The van der Waals surface area contributed by atoms with Crippen LogP contribution >= 0.6 is 0 Å². The zero-order chi connectivity index (χ0) is 18.6. The average Bonchev–Trinajstić information content (AvgIpc) is 2.64. The Morgan fingerprint density at radius 3 is 2.62 bits per heavy atom. The Balaban J connectivity index is 1.93. The van der Waals surface area contributed by atoms with Crippen molar-refractivity contribution in [3.8, 4) is 11.5 Å². The van der Waals surface area contributed by atoms with E-state index in [-0.39, 0.29) is 5.91 Å². The summed E-state index contributed by atoms with van der Waals surface area (Å²) in [6.45, 7) is 5.27. The van der Waals surface area contributed by atoms with Gasteiger partial charge in [-0.25, -0.2) is 5.43 Å². The van der Waals surface area contributed by atoms with Crippen LogP contribution < -0.4 is 14.9 Å². The highest BCUT2D eigenvalue weighted by Gasteiger charge is 2.06. The van der Waals surface area contributed by atoms with Crippen LogP contribution in [0.25, 0.3) is 0 Å². The Bertz CT molecular complexity index is 714. The van der Waals surface area contributed by atoms with E-state index in [0.717, 1.165) is 29.7 Å². The summed E-state index contributed by atoms with van der Waals surface area (Å²) < 4.78 is 11.4. The Kier molecular flexibility index (Phi) is 8.19. The van der Waals surface area contributed by atoms with Gasteiger partial charge in [-0.1, -0.05) is 43.7 Å². The van der Waals surface area contributed by atoms with E-state index in [9.17, 15) is 4.79 Å². The van der Waals surface area contributed by atoms with Crippen LogP contribution in [0.2, 0.25) is 0 Å². The van der Waals surface area contributed by atoms with Gasteiger partial charge in [0.1, 0.15) is 0 Å². The summed E-state index contributed by atoms with van der Waals surface area (Å²) in [6, 6.07) is 15.2. The van der Waals surface area contributed by atoms with Gasteiger partial charge in [-0.3, -0.25) is 4.79 Å². The molecule has 0 aliphatic carbocycles. The molecule has 138 valence electrons. The van der Waals surface area contributed by atoms with Crippen molar-refractivity contribution in [1.29, 1.82) is 0 Å². The number of amides is 1. The maximum absolute atomic E-state index is 11.9. The number of rotatable bonds is 10. The quantitative estimate of drug-likeness (QED) is 0.399. The molecule has 5 heteroatoms. The van der Waals surface area contributed by atoms with Gasteiger partial charge in [0.25, 0.3) is 0 Å². The molecule has 0 saturated heterocycles. The number of nitrogens with zero attached hydrogens (tertiary/aromatic N) is 1. The minimum atomic E-state index is -0.156. The van der Waals surface area contributed by atoms with E-state index in [0.29, 0.717) is 25.4 Å². The largest absolute Gasteiger partial charge is 0.490 e. The van der Waals surface area contributed by atoms with Crippen molar-refractivity contribution in [3.05, 3.63) is 59.7 Å². The monoisotopic (exact) mass is 354 g/mol. The lowest BCUT2D eigenvalue weighted by atomic mass is 10.1. The highest BCUT2D eigenvalue weighted by molar-refractivity contribution is 5.84. The molecule has 0 aliphatic rings. The van der Waals surface area contributed by atoms with Crippen LogP contribution in [0.1, 0.15) is 37.8 Å². The number of hydrogen-bond acceptors (Lipinski definition) is 4. The number of ether oxygens (including phenoxy) is 2. The summed E-state index contributed by atoms with van der Waals surface area (Å²) in [5, 5.41) is 4.02. The topological polar surface area (TPSA) is 59.9 Å². The van der Waals surface area contributed by atoms with Gasteiger partial charge < -0.3 is 9.47 Å². The molecule has 0 fully saturated rings. The van der Waals surface area contributed by atoms with Gasteiger partial charge in [0.2, 0.25) is 5.91 Å². The van der Waals surface area contributed by atoms with E-state index in [4.69, 9.17) is 9.47 Å². The molecule has 0 saturated carbocycles. The highest BCUT2D eigenvalue weighted by atomic mass is 16.5. The summed E-state index contributed by atoms with van der Waals surface area (Å²) in [7, 11) is 0. The van der Waals surface area contributed by atoms with E-state index in [2.05, 4.69) is 17.5 Å². The Morgan fingerprint density at radius 1 is 1.08 bits per heavy atom. The SMILES string of the molecule is CCCCOc1ccc(/C=N/NC(=O)Cc2ccccc2)cc1OCC. The average molecular weight is 354 g/mol. The molecule has 1 N–H and O–H groups in total. The van der Waals surface area contributed by atoms with Gasteiger partial charge in [-0.2, -0.15) is 5.10 Å². The number of hydrogen-bond donors (Lipinski definition) is 1. The minimum Gasteiger partial charge on any atom is -0.490 e. The molecular weight excluding hydrogens is 328 g/mol. The van der Waals surface area contributed by atoms with Gasteiger partial charge in [-0.05, 0) is 42.7 Å². The molecule has 26 heavy (non-hydrogen) atoms. The van der Waals surface area contributed by atoms with Crippen LogP contribution in [0.15, 0.2) is 53.6 Å². The van der Waals surface area contributed by atoms with Crippen molar-refractivity contribution in [1.82, 2.24) is 5.43 Å². The smallest absolute Gasteiger partial charge is 0.244 e. The first-order valence-corrected chi connectivity index (χ1v) is 8.98. The van der Waals surface area contributed by atoms with Crippen LogP contribution in [0.4, 0.5) is 0 Å². The Hall–Kier alpha value is -2.82. The predicted molar refractivity (Wildman–Crippen MR) is 104 cm³/mol. The van der Waals surface area contributed by atoms with Gasteiger partial charge >= 0.3 is 0 Å². The van der Waals surface area contributed by atoms with Crippen LogP contribution in [-0.2, 0) is 11.2 Å². The van der Waals surface area contributed by atoms with Gasteiger partial charge in [0.15, 0.2) is 11.5 Å². The first kappa shape index (κ1) is 19.5. The van der Waals surface area contributed by atoms with Crippen molar-refractivity contribution < 1.29 is 14.3 Å². The van der Waals surface area contributed by atoms with Gasteiger partial charge in [-0.15, -0.1) is 0 Å². The third-order valence-electron chi connectivity index (χ3n) is 3.63. The van der Waals surface area contributed by atoms with Crippen molar-refractivity contribution >= 4 is 12.1 Å². The van der Waals surface area contributed by atoms with Crippen LogP contribution in [-0.4, -0.2) is 25.3 Å². The second-order valence-electron chi connectivity index (χ2n) is 5.80. The molecule has 0 spiro atoms. The molecule has 2 aromatic rings. The molecule has 0 bridgehead atoms. The molecule has 5 nitrogen and oxygen atoms in total.